The molecule has 0 bridgehead atoms. The van der Waals surface area contributed by atoms with Gasteiger partial charge in [0.15, 0.2) is 0 Å². The average molecular weight is 264 g/mol. The molecule has 0 radical (unpaired) electrons. The summed E-state index contributed by atoms with van der Waals surface area (Å²) in [4.78, 5) is 12.6. The van der Waals surface area contributed by atoms with Crippen molar-refractivity contribution in [1.29, 1.82) is 0 Å². The number of nitrogens with zero attached hydrogens (tertiary/aromatic N) is 3. The van der Waals surface area contributed by atoms with Crippen LogP contribution in [0.15, 0.2) is 11.4 Å². The van der Waals surface area contributed by atoms with E-state index in [2.05, 4.69) is 25.6 Å². The zero-order valence-corrected chi connectivity index (χ0v) is 11.2. The Morgan fingerprint density at radius 3 is 2.56 bits per heavy atom. The highest BCUT2D eigenvalue weighted by molar-refractivity contribution is 7.09. The van der Waals surface area contributed by atoms with Crippen LogP contribution in [0.1, 0.15) is 17.6 Å². The standard InChI is InChI=1S/C11H16N6S/c1-3-13-8-4-9(17-11(12)16-8)14-5-10-15-7(2)6-18-10/h4,6H,3,5H2,1-2H3,(H4,12,13,14,16,17). The van der Waals surface area contributed by atoms with Crippen LogP contribution in [0.4, 0.5) is 17.6 Å². The molecule has 96 valence electrons. The van der Waals surface area contributed by atoms with Crippen LogP contribution >= 0.6 is 11.3 Å². The number of hydrogen-bond acceptors (Lipinski definition) is 7. The summed E-state index contributed by atoms with van der Waals surface area (Å²) in [5.41, 5.74) is 6.68. The van der Waals surface area contributed by atoms with Crippen molar-refractivity contribution in [2.24, 2.45) is 0 Å². The minimum atomic E-state index is 0.256. The van der Waals surface area contributed by atoms with Gasteiger partial charge in [-0.25, -0.2) is 4.98 Å². The Bertz CT molecular complexity index is 524. The van der Waals surface area contributed by atoms with E-state index >= 15 is 0 Å². The fraction of sp³-hybridized carbons (Fsp3) is 0.364. The highest BCUT2D eigenvalue weighted by Crippen LogP contribution is 2.15. The van der Waals surface area contributed by atoms with E-state index in [4.69, 9.17) is 5.73 Å². The molecule has 18 heavy (non-hydrogen) atoms. The summed E-state index contributed by atoms with van der Waals surface area (Å²) in [6.45, 7) is 5.41. The van der Waals surface area contributed by atoms with Crippen LogP contribution in [0.2, 0.25) is 0 Å². The summed E-state index contributed by atoms with van der Waals surface area (Å²) >= 11 is 1.62. The van der Waals surface area contributed by atoms with Gasteiger partial charge < -0.3 is 16.4 Å². The maximum Gasteiger partial charge on any atom is 0.223 e. The lowest BCUT2D eigenvalue weighted by atomic mass is 10.5. The van der Waals surface area contributed by atoms with Crippen LogP contribution < -0.4 is 16.4 Å². The molecule has 0 aliphatic carbocycles. The minimum Gasteiger partial charge on any atom is -0.370 e. The van der Waals surface area contributed by atoms with Gasteiger partial charge in [-0.3, -0.25) is 0 Å². The first-order chi connectivity index (χ1) is 8.67. The molecule has 2 aromatic heterocycles. The summed E-state index contributed by atoms with van der Waals surface area (Å²) in [5, 5.41) is 9.34. The Hall–Kier alpha value is -1.89. The SMILES string of the molecule is CCNc1cc(NCc2nc(C)cs2)nc(N)n1. The quantitative estimate of drug-likeness (QED) is 0.764. The van der Waals surface area contributed by atoms with Gasteiger partial charge in [-0.1, -0.05) is 0 Å². The Morgan fingerprint density at radius 1 is 1.22 bits per heavy atom. The van der Waals surface area contributed by atoms with Gasteiger partial charge in [0.05, 0.1) is 6.54 Å². The molecule has 4 N–H and O–H groups in total. The molecule has 0 aromatic carbocycles. The molecule has 0 amide bonds. The van der Waals surface area contributed by atoms with Gasteiger partial charge in [0.25, 0.3) is 0 Å². The number of aryl methyl sites for hydroxylation is 1. The van der Waals surface area contributed by atoms with Gasteiger partial charge >= 0.3 is 0 Å². The second-order valence-corrected chi connectivity index (χ2v) is 4.71. The first-order valence-electron chi connectivity index (χ1n) is 5.70. The number of nitrogen functional groups attached to an aromatic ring is 1. The van der Waals surface area contributed by atoms with Gasteiger partial charge in [-0.05, 0) is 13.8 Å². The van der Waals surface area contributed by atoms with Crippen molar-refractivity contribution < 1.29 is 0 Å². The zero-order valence-electron chi connectivity index (χ0n) is 10.4. The molecule has 0 unspecified atom stereocenters. The zero-order chi connectivity index (χ0) is 13.0. The van der Waals surface area contributed by atoms with E-state index in [0.29, 0.717) is 12.4 Å². The third-order valence-corrected chi connectivity index (χ3v) is 3.16. The third-order valence-electron chi connectivity index (χ3n) is 2.19. The number of nitrogens with two attached hydrogens (primary N) is 1. The topological polar surface area (TPSA) is 88.8 Å². The molecule has 0 aliphatic rings. The molecule has 0 aliphatic heterocycles. The fourth-order valence-electron chi connectivity index (χ4n) is 1.48. The van der Waals surface area contributed by atoms with Crippen molar-refractivity contribution >= 4 is 28.9 Å². The molecule has 0 atom stereocenters. The number of anilines is 3. The smallest absolute Gasteiger partial charge is 0.223 e. The van der Waals surface area contributed by atoms with Crippen LogP contribution in [-0.2, 0) is 6.54 Å². The molecular weight excluding hydrogens is 248 g/mol. The number of rotatable bonds is 5. The Balaban J connectivity index is 2.04. The van der Waals surface area contributed by atoms with E-state index < -0.39 is 0 Å². The van der Waals surface area contributed by atoms with Crippen molar-refractivity contribution in [3.05, 3.63) is 22.1 Å². The first-order valence-corrected chi connectivity index (χ1v) is 6.58. The second kappa shape index (κ2) is 5.63. The lowest BCUT2D eigenvalue weighted by Gasteiger charge is -2.07. The molecule has 0 saturated carbocycles. The van der Waals surface area contributed by atoms with Crippen LogP contribution in [0, 0.1) is 6.92 Å². The Labute approximate surface area is 110 Å². The van der Waals surface area contributed by atoms with Gasteiger partial charge in [0.1, 0.15) is 16.6 Å². The van der Waals surface area contributed by atoms with Crippen LogP contribution in [0.25, 0.3) is 0 Å². The van der Waals surface area contributed by atoms with E-state index in [9.17, 15) is 0 Å². The molecule has 0 fully saturated rings. The molecule has 2 heterocycles. The molecule has 2 rings (SSSR count). The summed E-state index contributed by atoms with van der Waals surface area (Å²) in [6.07, 6.45) is 0. The van der Waals surface area contributed by atoms with Crippen LogP contribution in [-0.4, -0.2) is 21.5 Å². The first kappa shape index (κ1) is 12.6. The maximum atomic E-state index is 5.65. The Morgan fingerprint density at radius 2 is 1.94 bits per heavy atom. The van der Waals surface area contributed by atoms with E-state index in [0.717, 1.165) is 23.1 Å². The van der Waals surface area contributed by atoms with E-state index in [-0.39, 0.29) is 5.95 Å². The summed E-state index contributed by atoms with van der Waals surface area (Å²) < 4.78 is 0. The third kappa shape index (κ3) is 3.30. The fourth-order valence-corrected chi connectivity index (χ4v) is 2.19. The van der Waals surface area contributed by atoms with Crippen molar-refractivity contribution in [2.45, 2.75) is 20.4 Å². The van der Waals surface area contributed by atoms with Gasteiger partial charge in [0.2, 0.25) is 5.95 Å². The molecule has 7 heteroatoms. The number of nitrogens with one attached hydrogen (secondary N) is 2. The Kier molecular flexibility index (Phi) is 3.93. The van der Waals surface area contributed by atoms with E-state index in [1.54, 1.807) is 11.3 Å². The summed E-state index contributed by atoms with van der Waals surface area (Å²) in [7, 11) is 0. The summed E-state index contributed by atoms with van der Waals surface area (Å²) in [6, 6.07) is 1.83. The van der Waals surface area contributed by atoms with Crippen molar-refractivity contribution in [2.75, 3.05) is 22.9 Å². The molecule has 6 nitrogen and oxygen atoms in total. The second-order valence-electron chi connectivity index (χ2n) is 3.76. The molecule has 2 aromatic rings. The largest absolute Gasteiger partial charge is 0.370 e. The van der Waals surface area contributed by atoms with Crippen molar-refractivity contribution in [3.8, 4) is 0 Å². The normalized spacial score (nSPS) is 10.3. The van der Waals surface area contributed by atoms with Gasteiger partial charge in [-0.15, -0.1) is 11.3 Å². The predicted octanol–water partition coefficient (Wildman–Crippen LogP) is 1.87. The highest BCUT2D eigenvalue weighted by Gasteiger charge is 2.03. The average Bonchev–Trinajstić information content (AvgIpc) is 2.72. The predicted molar refractivity (Wildman–Crippen MR) is 74.8 cm³/mol. The lowest BCUT2D eigenvalue weighted by molar-refractivity contribution is 1.04. The van der Waals surface area contributed by atoms with E-state index in [1.165, 1.54) is 0 Å². The van der Waals surface area contributed by atoms with Gasteiger partial charge in [-0.2, -0.15) is 9.97 Å². The monoisotopic (exact) mass is 264 g/mol. The summed E-state index contributed by atoms with van der Waals surface area (Å²) in [5.74, 6) is 1.68. The number of aromatic nitrogens is 3. The molecular formula is C11H16N6S. The molecule has 0 saturated heterocycles. The molecule has 0 spiro atoms. The van der Waals surface area contributed by atoms with Crippen molar-refractivity contribution in [1.82, 2.24) is 15.0 Å². The lowest BCUT2D eigenvalue weighted by Crippen LogP contribution is -2.07. The van der Waals surface area contributed by atoms with Gasteiger partial charge in [0, 0.05) is 23.7 Å². The van der Waals surface area contributed by atoms with Crippen LogP contribution in [0.3, 0.4) is 0 Å². The van der Waals surface area contributed by atoms with Crippen molar-refractivity contribution in [3.63, 3.8) is 0 Å². The highest BCUT2D eigenvalue weighted by atomic mass is 32.1. The maximum absolute atomic E-state index is 5.65. The van der Waals surface area contributed by atoms with Crippen LogP contribution in [0.5, 0.6) is 0 Å². The van der Waals surface area contributed by atoms with E-state index in [1.807, 2.05) is 25.3 Å². The minimum absolute atomic E-state index is 0.256. The number of thiazole rings is 1. The number of hydrogen-bond donors (Lipinski definition) is 3.